The molecule has 2 atom stereocenters. The van der Waals surface area contributed by atoms with Gasteiger partial charge in [0, 0.05) is 12.6 Å². The van der Waals surface area contributed by atoms with Gasteiger partial charge in [0.1, 0.15) is 0 Å². The van der Waals surface area contributed by atoms with Crippen molar-refractivity contribution in [2.75, 3.05) is 13.1 Å². The maximum absolute atomic E-state index is 5.99. The highest BCUT2D eigenvalue weighted by molar-refractivity contribution is 4.80. The first-order chi connectivity index (χ1) is 6.59. The quantitative estimate of drug-likeness (QED) is 0.656. The molecule has 0 aromatic heterocycles. The molecule has 0 aromatic carbocycles. The summed E-state index contributed by atoms with van der Waals surface area (Å²) in [5.41, 5.74) is 5.99. The molecule has 2 unspecified atom stereocenters. The van der Waals surface area contributed by atoms with E-state index in [2.05, 4.69) is 26.1 Å². The molecular weight excluding hydrogens is 172 g/mol. The third-order valence-corrected chi connectivity index (χ3v) is 3.07. The third kappa shape index (κ3) is 4.97. The van der Waals surface area contributed by atoms with Crippen LogP contribution in [0.1, 0.15) is 40.0 Å². The van der Waals surface area contributed by atoms with Gasteiger partial charge in [-0.05, 0) is 43.6 Å². The maximum Gasteiger partial charge on any atom is 0.0167 e. The summed E-state index contributed by atoms with van der Waals surface area (Å²) in [4.78, 5) is 0. The normalized spacial score (nSPS) is 21.2. The van der Waals surface area contributed by atoms with Gasteiger partial charge in [-0.1, -0.05) is 20.8 Å². The monoisotopic (exact) mass is 198 g/mol. The SMILES string of the molecule is CC(C)CC(N)CNCC(C)C1CC1. The first-order valence-electron chi connectivity index (χ1n) is 6.06. The minimum Gasteiger partial charge on any atom is -0.327 e. The summed E-state index contributed by atoms with van der Waals surface area (Å²) < 4.78 is 0. The van der Waals surface area contributed by atoms with Gasteiger partial charge < -0.3 is 11.1 Å². The van der Waals surface area contributed by atoms with E-state index in [1.165, 1.54) is 12.8 Å². The largest absolute Gasteiger partial charge is 0.327 e. The van der Waals surface area contributed by atoms with Crippen LogP contribution in [0.5, 0.6) is 0 Å². The number of rotatable bonds is 7. The van der Waals surface area contributed by atoms with Crippen LogP contribution < -0.4 is 11.1 Å². The molecule has 0 amide bonds. The Hall–Kier alpha value is -0.0800. The molecule has 0 bridgehead atoms. The highest BCUT2D eigenvalue weighted by Gasteiger charge is 2.27. The van der Waals surface area contributed by atoms with Crippen molar-refractivity contribution in [3.05, 3.63) is 0 Å². The van der Waals surface area contributed by atoms with Crippen LogP contribution in [0, 0.1) is 17.8 Å². The molecule has 0 aromatic rings. The van der Waals surface area contributed by atoms with Crippen LogP contribution in [-0.2, 0) is 0 Å². The average molecular weight is 198 g/mol. The number of hydrogen-bond acceptors (Lipinski definition) is 2. The lowest BCUT2D eigenvalue weighted by molar-refractivity contribution is 0.421. The van der Waals surface area contributed by atoms with Crippen molar-refractivity contribution in [1.29, 1.82) is 0 Å². The summed E-state index contributed by atoms with van der Waals surface area (Å²) in [6.45, 7) is 8.93. The van der Waals surface area contributed by atoms with Gasteiger partial charge >= 0.3 is 0 Å². The highest BCUT2D eigenvalue weighted by Crippen LogP contribution is 2.35. The molecule has 1 aliphatic rings. The van der Waals surface area contributed by atoms with Crippen molar-refractivity contribution in [2.45, 2.75) is 46.1 Å². The third-order valence-electron chi connectivity index (χ3n) is 3.07. The fourth-order valence-electron chi connectivity index (χ4n) is 2.02. The maximum atomic E-state index is 5.99. The molecule has 0 radical (unpaired) electrons. The number of nitrogens with one attached hydrogen (secondary N) is 1. The minimum atomic E-state index is 0.335. The van der Waals surface area contributed by atoms with Gasteiger partial charge in [0.25, 0.3) is 0 Å². The lowest BCUT2D eigenvalue weighted by Gasteiger charge is -2.17. The molecule has 1 rings (SSSR count). The Kier molecular flexibility index (Phi) is 4.90. The Bertz CT molecular complexity index is 152. The second kappa shape index (κ2) is 5.72. The average Bonchev–Trinajstić information content (AvgIpc) is 2.84. The second-order valence-corrected chi connectivity index (χ2v) is 5.36. The Morgan fingerprint density at radius 2 is 1.86 bits per heavy atom. The van der Waals surface area contributed by atoms with E-state index < -0.39 is 0 Å². The summed E-state index contributed by atoms with van der Waals surface area (Å²) >= 11 is 0. The fraction of sp³-hybridized carbons (Fsp3) is 1.00. The van der Waals surface area contributed by atoms with Crippen LogP contribution in [0.4, 0.5) is 0 Å². The van der Waals surface area contributed by atoms with Crippen LogP contribution in [0.2, 0.25) is 0 Å². The van der Waals surface area contributed by atoms with Crippen molar-refractivity contribution < 1.29 is 0 Å². The van der Waals surface area contributed by atoms with E-state index in [0.717, 1.165) is 31.3 Å². The van der Waals surface area contributed by atoms with Crippen molar-refractivity contribution in [1.82, 2.24) is 5.32 Å². The predicted molar refractivity (Wildman–Crippen MR) is 62.2 cm³/mol. The fourth-order valence-corrected chi connectivity index (χ4v) is 2.02. The molecule has 1 saturated carbocycles. The molecule has 14 heavy (non-hydrogen) atoms. The predicted octanol–water partition coefficient (Wildman–Crippen LogP) is 2.00. The Morgan fingerprint density at radius 1 is 1.21 bits per heavy atom. The van der Waals surface area contributed by atoms with Crippen LogP contribution in [0.15, 0.2) is 0 Å². The van der Waals surface area contributed by atoms with Crippen molar-refractivity contribution in [3.8, 4) is 0 Å². The van der Waals surface area contributed by atoms with Crippen LogP contribution in [0.3, 0.4) is 0 Å². The standard InChI is InChI=1S/C12H26N2/c1-9(2)6-12(13)8-14-7-10(3)11-4-5-11/h9-12,14H,4-8,13H2,1-3H3. The van der Waals surface area contributed by atoms with Crippen LogP contribution in [-0.4, -0.2) is 19.1 Å². The lowest BCUT2D eigenvalue weighted by atomic mass is 10.0. The van der Waals surface area contributed by atoms with Gasteiger partial charge in [0.2, 0.25) is 0 Å². The summed E-state index contributed by atoms with van der Waals surface area (Å²) in [7, 11) is 0. The second-order valence-electron chi connectivity index (χ2n) is 5.36. The van der Waals surface area contributed by atoms with E-state index in [-0.39, 0.29) is 0 Å². The van der Waals surface area contributed by atoms with Gasteiger partial charge in [0.05, 0.1) is 0 Å². The molecule has 84 valence electrons. The van der Waals surface area contributed by atoms with E-state index in [4.69, 9.17) is 5.73 Å². The number of nitrogens with two attached hydrogens (primary N) is 1. The zero-order valence-corrected chi connectivity index (χ0v) is 9.92. The van der Waals surface area contributed by atoms with E-state index >= 15 is 0 Å². The van der Waals surface area contributed by atoms with E-state index in [9.17, 15) is 0 Å². The van der Waals surface area contributed by atoms with E-state index in [0.29, 0.717) is 12.0 Å². The van der Waals surface area contributed by atoms with Crippen molar-refractivity contribution in [3.63, 3.8) is 0 Å². The molecule has 2 heteroatoms. The molecule has 1 fully saturated rings. The first-order valence-corrected chi connectivity index (χ1v) is 6.06. The van der Waals surface area contributed by atoms with Crippen molar-refractivity contribution >= 4 is 0 Å². The minimum absolute atomic E-state index is 0.335. The molecule has 0 heterocycles. The van der Waals surface area contributed by atoms with Gasteiger partial charge in [-0.2, -0.15) is 0 Å². The molecule has 3 N–H and O–H groups in total. The number of hydrogen-bond donors (Lipinski definition) is 2. The lowest BCUT2D eigenvalue weighted by Crippen LogP contribution is -2.36. The van der Waals surface area contributed by atoms with E-state index in [1.807, 2.05) is 0 Å². The zero-order valence-electron chi connectivity index (χ0n) is 9.92. The summed E-state index contributed by atoms with van der Waals surface area (Å²) in [6, 6.07) is 0.335. The van der Waals surface area contributed by atoms with Gasteiger partial charge in [-0.15, -0.1) is 0 Å². The molecule has 1 aliphatic carbocycles. The highest BCUT2D eigenvalue weighted by atomic mass is 14.9. The summed E-state index contributed by atoms with van der Waals surface area (Å²) in [5.74, 6) is 2.57. The molecular formula is C12H26N2. The van der Waals surface area contributed by atoms with Crippen molar-refractivity contribution in [2.24, 2.45) is 23.5 Å². The van der Waals surface area contributed by atoms with Crippen LogP contribution in [0.25, 0.3) is 0 Å². The molecule has 0 aliphatic heterocycles. The first kappa shape index (κ1) is 12.0. The van der Waals surface area contributed by atoms with Gasteiger partial charge in [-0.25, -0.2) is 0 Å². The molecule has 0 spiro atoms. The Balaban J connectivity index is 1.96. The molecule has 0 saturated heterocycles. The van der Waals surface area contributed by atoms with Gasteiger partial charge in [0.15, 0.2) is 0 Å². The van der Waals surface area contributed by atoms with E-state index in [1.54, 1.807) is 0 Å². The smallest absolute Gasteiger partial charge is 0.0167 e. The van der Waals surface area contributed by atoms with Gasteiger partial charge in [-0.3, -0.25) is 0 Å². The zero-order chi connectivity index (χ0) is 10.6. The topological polar surface area (TPSA) is 38.0 Å². The molecule has 2 nitrogen and oxygen atoms in total. The summed E-state index contributed by atoms with van der Waals surface area (Å²) in [6.07, 6.45) is 4.02. The Morgan fingerprint density at radius 3 is 2.36 bits per heavy atom. The Labute approximate surface area is 88.6 Å². The summed E-state index contributed by atoms with van der Waals surface area (Å²) in [5, 5.41) is 3.49. The van der Waals surface area contributed by atoms with Crippen LogP contribution >= 0.6 is 0 Å².